The molecule has 0 bridgehead atoms. The van der Waals surface area contributed by atoms with E-state index in [2.05, 4.69) is 59.1 Å². The van der Waals surface area contributed by atoms with E-state index in [0.717, 1.165) is 22.5 Å². The fraction of sp³-hybridized carbons (Fsp3) is 0.353. The number of rotatable bonds is 6. The third-order valence-electron chi connectivity index (χ3n) is 3.08. The van der Waals surface area contributed by atoms with E-state index < -0.39 is 0 Å². The summed E-state index contributed by atoms with van der Waals surface area (Å²) in [6.07, 6.45) is 1.79. The number of aryl methyl sites for hydroxylation is 1. The van der Waals surface area contributed by atoms with Crippen LogP contribution in [0, 0.1) is 6.92 Å². The first-order valence-corrected chi connectivity index (χ1v) is 7.90. The van der Waals surface area contributed by atoms with E-state index in [1.165, 1.54) is 11.1 Å². The van der Waals surface area contributed by atoms with E-state index in [-0.39, 0.29) is 0 Å². The second kappa shape index (κ2) is 7.57. The highest BCUT2D eigenvalue weighted by molar-refractivity contribution is 9.10. The Morgan fingerprint density at radius 1 is 1.24 bits per heavy atom. The molecule has 0 atom stereocenters. The Bertz CT molecular complexity index is 582. The number of hydrogen-bond acceptors (Lipinski definition) is 3. The van der Waals surface area contributed by atoms with Crippen molar-refractivity contribution in [2.75, 3.05) is 0 Å². The van der Waals surface area contributed by atoms with Crippen LogP contribution in [0.2, 0.25) is 0 Å². The highest BCUT2D eigenvalue weighted by Crippen LogP contribution is 2.21. The molecule has 2 aromatic rings. The molecule has 1 heterocycles. The molecule has 2 rings (SSSR count). The van der Waals surface area contributed by atoms with Crippen molar-refractivity contribution in [1.29, 1.82) is 0 Å². The molecular weight excluding hydrogens is 328 g/mol. The summed E-state index contributed by atoms with van der Waals surface area (Å²) in [5.74, 6) is 0.915. The molecule has 1 N–H and O–H groups in total. The monoisotopic (exact) mass is 348 g/mol. The van der Waals surface area contributed by atoms with Gasteiger partial charge in [0.15, 0.2) is 0 Å². The Morgan fingerprint density at radius 3 is 2.71 bits per heavy atom. The average molecular weight is 349 g/mol. The lowest BCUT2D eigenvalue weighted by Gasteiger charge is -2.14. The second-order valence-corrected chi connectivity index (χ2v) is 6.32. The van der Waals surface area contributed by atoms with Gasteiger partial charge in [0.1, 0.15) is 12.4 Å². The van der Waals surface area contributed by atoms with Crippen LogP contribution in [0.1, 0.15) is 30.7 Å². The summed E-state index contributed by atoms with van der Waals surface area (Å²) in [6.45, 7) is 7.66. The lowest BCUT2D eigenvalue weighted by atomic mass is 10.1. The second-order valence-electron chi connectivity index (χ2n) is 5.40. The fourth-order valence-electron chi connectivity index (χ4n) is 1.94. The number of pyridine rings is 1. The number of benzene rings is 1. The molecule has 0 fully saturated rings. The van der Waals surface area contributed by atoms with Gasteiger partial charge in [-0.3, -0.25) is 4.98 Å². The molecule has 0 aliphatic heterocycles. The number of nitrogens with one attached hydrogen (secondary N) is 1. The van der Waals surface area contributed by atoms with Gasteiger partial charge in [0.05, 0.1) is 5.69 Å². The highest BCUT2D eigenvalue weighted by Gasteiger charge is 2.06. The van der Waals surface area contributed by atoms with Crippen LogP contribution in [0.15, 0.2) is 41.0 Å². The fourth-order valence-corrected chi connectivity index (χ4v) is 2.18. The van der Waals surface area contributed by atoms with Crippen LogP contribution in [0.4, 0.5) is 0 Å². The SMILES string of the molecule is Cc1ccc(OCc2ccc(Br)cn2)c(CNC(C)C)c1. The molecule has 0 aliphatic carbocycles. The lowest BCUT2D eigenvalue weighted by Crippen LogP contribution is -2.22. The molecule has 0 amide bonds. The minimum Gasteiger partial charge on any atom is -0.487 e. The van der Waals surface area contributed by atoms with Crippen molar-refractivity contribution in [2.45, 2.75) is 40.0 Å². The van der Waals surface area contributed by atoms with E-state index in [1.807, 2.05) is 18.2 Å². The number of hydrogen-bond donors (Lipinski definition) is 1. The third kappa shape index (κ3) is 5.14. The number of nitrogens with zero attached hydrogens (tertiary/aromatic N) is 1. The highest BCUT2D eigenvalue weighted by atomic mass is 79.9. The van der Waals surface area contributed by atoms with Gasteiger partial charge in [0, 0.05) is 28.8 Å². The summed E-state index contributed by atoms with van der Waals surface area (Å²) >= 11 is 3.38. The topological polar surface area (TPSA) is 34.1 Å². The summed E-state index contributed by atoms with van der Waals surface area (Å²) in [6, 6.07) is 10.7. The smallest absolute Gasteiger partial charge is 0.130 e. The molecule has 4 heteroatoms. The molecule has 0 aliphatic rings. The zero-order valence-corrected chi connectivity index (χ0v) is 14.3. The van der Waals surface area contributed by atoms with Gasteiger partial charge < -0.3 is 10.1 Å². The standard InChI is InChI=1S/C17H21BrN2O/c1-12(2)19-9-14-8-13(3)4-7-17(14)21-11-16-6-5-15(18)10-20-16/h4-8,10,12,19H,9,11H2,1-3H3. The molecule has 1 aromatic carbocycles. The van der Waals surface area contributed by atoms with Crippen molar-refractivity contribution in [3.63, 3.8) is 0 Å². The molecule has 112 valence electrons. The summed E-state index contributed by atoms with van der Waals surface area (Å²) in [5.41, 5.74) is 3.34. The molecule has 1 aromatic heterocycles. The number of aromatic nitrogens is 1. The van der Waals surface area contributed by atoms with Crippen LogP contribution in [-0.2, 0) is 13.2 Å². The average Bonchev–Trinajstić information content (AvgIpc) is 2.45. The van der Waals surface area contributed by atoms with E-state index in [1.54, 1.807) is 6.20 Å². The third-order valence-corrected chi connectivity index (χ3v) is 3.55. The Labute approximate surface area is 134 Å². The molecule has 3 nitrogen and oxygen atoms in total. The molecule has 0 radical (unpaired) electrons. The van der Waals surface area contributed by atoms with Crippen molar-refractivity contribution < 1.29 is 4.74 Å². The Kier molecular flexibility index (Phi) is 5.76. The minimum absolute atomic E-state index is 0.450. The van der Waals surface area contributed by atoms with Crippen LogP contribution in [0.5, 0.6) is 5.75 Å². The van der Waals surface area contributed by atoms with Crippen LogP contribution in [-0.4, -0.2) is 11.0 Å². The van der Waals surface area contributed by atoms with Gasteiger partial charge in [0.2, 0.25) is 0 Å². The molecular formula is C17H21BrN2O. The Morgan fingerprint density at radius 2 is 2.05 bits per heavy atom. The number of ether oxygens (including phenoxy) is 1. The number of halogens is 1. The van der Waals surface area contributed by atoms with Crippen LogP contribution >= 0.6 is 15.9 Å². The predicted molar refractivity (Wildman–Crippen MR) is 89.4 cm³/mol. The minimum atomic E-state index is 0.450. The van der Waals surface area contributed by atoms with Crippen LogP contribution in [0.25, 0.3) is 0 Å². The normalized spacial score (nSPS) is 10.9. The summed E-state index contributed by atoms with van der Waals surface area (Å²) in [7, 11) is 0. The van der Waals surface area contributed by atoms with Crippen molar-refractivity contribution in [2.24, 2.45) is 0 Å². The van der Waals surface area contributed by atoms with Gasteiger partial charge in [-0.1, -0.05) is 31.5 Å². The molecule has 0 saturated heterocycles. The summed E-state index contributed by atoms with van der Waals surface area (Å²) in [5, 5.41) is 3.43. The van der Waals surface area contributed by atoms with E-state index in [9.17, 15) is 0 Å². The lowest BCUT2D eigenvalue weighted by molar-refractivity contribution is 0.297. The summed E-state index contributed by atoms with van der Waals surface area (Å²) in [4.78, 5) is 4.33. The van der Waals surface area contributed by atoms with Crippen molar-refractivity contribution in [3.05, 3.63) is 57.8 Å². The first kappa shape index (κ1) is 16.0. The van der Waals surface area contributed by atoms with E-state index in [4.69, 9.17) is 4.74 Å². The zero-order valence-electron chi connectivity index (χ0n) is 12.7. The van der Waals surface area contributed by atoms with Gasteiger partial charge in [-0.05, 0) is 41.1 Å². The van der Waals surface area contributed by atoms with Crippen molar-refractivity contribution >= 4 is 15.9 Å². The first-order chi connectivity index (χ1) is 10.0. The van der Waals surface area contributed by atoms with Gasteiger partial charge in [0.25, 0.3) is 0 Å². The van der Waals surface area contributed by atoms with Crippen LogP contribution in [0.3, 0.4) is 0 Å². The largest absolute Gasteiger partial charge is 0.487 e. The molecule has 0 unspecified atom stereocenters. The zero-order chi connectivity index (χ0) is 15.2. The van der Waals surface area contributed by atoms with E-state index >= 15 is 0 Å². The van der Waals surface area contributed by atoms with Gasteiger partial charge >= 0.3 is 0 Å². The Hall–Kier alpha value is -1.39. The van der Waals surface area contributed by atoms with E-state index in [0.29, 0.717) is 12.6 Å². The maximum Gasteiger partial charge on any atom is 0.130 e. The maximum atomic E-state index is 5.93. The van der Waals surface area contributed by atoms with Crippen molar-refractivity contribution in [3.8, 4) is 5.75 Å². The predicted octanol–water partition coefficient (Wildman–Crippen LogP) is 4.23. The summed E-state index contributed by atoms with van der Waals surface area (Å²) < 4.78 is 6.91. The molecule has 21 heavy (non-hydrogen) atoms. The molecule has 0 spiro atoms. The van der Waals surface area contributed by atoms with Gasteiger partial charge in [-0.2, -0.15) is 0 Å². The maximum absolute atomic E-state index is 5.93. The quantitative estimate of drug-likeness (QED) is 0.848. The van der Waals surface area contributed by atoms with Crippen LogP contribution < -0.4 is 10.1 Å². The Balaban J connectivity index is 2.06. The van der Waals surface area contributed by atoms with Gasteiger partial charge in [-0.15, -0.1) is 0 Å². The van der Waals surface area contributed by atoms with Gasteiger partial charge in [-0.25, -0.2) is 0 Å². The molecule has 0 saturated carbocycles. The van der Waals surface area contributed by atoms with Crippen molar-refractivity contribution in [1.82, 2.24) is 10.3 Å². The first-order valence-electron chi connectivity index (χ1n) is 7.11.